The molecule has 0 spiro atoms. The van der Waals surface area contributed by atoms with Gasteiger partial charge in [-0.15, -0.1) is 0 Å². The molecule has 0 saturated carbocycles. The smallest absolute Gasteiger partial charge is 0.243 e. The number of sulfonamides is 1. The molecule has 0 unspecified atom stereocenters. The maximum absolute atomic E-state index is 12.2. The van der Waals surface area contributed by atoms with Crippen molar-refractivity contribution >= 4 is 15.7 Å². The Hall–Kier alpha value is -1.11. The molecule has 96 valence electrons. The molecule has 0 saturated heterocycles. The fourth-order valence-corrected chi connectivity index (χ4v) is 3.04. The highest BCUT2D eigenvalue weighted by molar-refractivity contribution is 7.89. The normalized spacial score (nSPS) is 12.1. The molecule has 0 amide bonds. The first-order valence-corrected chi connectivity index (χ1v) is 6.68. The minimum atomic E-state index is -3.58. The highest BCUT2D eigenvalue weighted by Crippen LogP contribution is 2.24. The third-order valence-corrected chi connectivity index (χ3v) is 4.73. The van der Waals surface area contributed by atoms with Gasteiger partial charge in [0.2, 0.25) is 10.0 Å². The van der Waals surface area contributed by atoms with Gasteiger partial charge in [0.1, 0.15) is 0 Å². The summed E-state index contributed by atoms with van der Waals surface area (Å²) in [5.74, 6) is 0. The van der Waals surface area contributed by atoms with Crippen LogP contribution in [0.2, 0.25) is 0 Å². The number of benzene rings is 1. The van der Waals surface area contributed by atoms with Gasteiger partial charge in [0, 0.05) is 19.3 Å². The molecule has 0 radical (unpaired) electrons. The van der Waals surface area contributed by atoms with E-state index in [4.69, 9.17) is 10.8 Å². The highest BCUT2D eigenvalue weighted by atomic mass is 32.2. The van der Waals surface area contributed by atoms with Gasteiger partial charge in [-0.05, 0) is 37.1 Å². The molecule has 1 rings (SSSR count). The van der Waals surface area contributed by atoms with Crippen molar-refractivity contribution in [2.75, 3.05) is 25.9 Å². The van der Waals surface area contributed by atoms with Gasteiger partial charge in [-0.25, -0.2) is 8.42 Å². The van der Waals surface area contributed by atoms with Crippen LogP contribution in [0, 0.1) is 13.8 Å². The standard InChI is InChI=1S/C11H18N2O3S/c1-8-6-10(12)7-11(9(8)2)17(15,16)13(3)4-5-14/h6-7,14H,4-5,12H2,1-3H3. The van der Waals surface area contributed by atoms with Crippen molar-refractivity contribution in [2.24, 2.45) is 0 Å². The van der Waals surface area contributed by atoms with E-state index in [1.807, 2.05) is 6.92 Å². The summed E-state index contributed by atoms with van der Waals surface area (Å²) in [6, 6.07) is 3.19. The maximum atomic E-state index is 12.2. The maximum Gasteiger partial charge on any atom is 0.243 e. The average molecular weight is 258 g/mol. The number of aliphatic hydroxyl groups excluding tert-OH is 1. The van der Waals surface area contributed by atoms with Crippen LogP contribution < -0.4 is 5.73 Å². The van der Waals surface area contributed by atoms with Crippen LogP contribution in [0.3, 0.4) is 0 Å². The molecule has 0 heterocycles. The zero-order valence-electron chi connectivity index (χ0n) is 10.3. The lowest BCUT2D eigenvalue weighted by Gasteiger charge is -2.18. The van der Waals surface area contributed by atoms with E-state index in [-0.39, 0.29) is 18.0 Å². The quantitative estimate of drug-likeness (QED) is 0.770. The molecule has 0 fully saturated rings. The molecule has 5 nitrogen and oxygen atoms in total. The van der Waals surface area contributed by atoms with Crippen LogP contribution in [-0.4, -0.2) is 38.0 Å². The fraction of sp³-hybridized carbons (Fsp3) is 0.455. The molecular formula is C11H18N2O3S. The summed E-state index contributed by atoms with van der Waals surface area (Å²) >= 11 is 0. The Bertz CT molecular complexity index is 512. The topological polar surface area (TPSA) is 83.6 Å². The molecule has 0 atom stereocenters. The van der Waals surface area contributed by atoms with E-state index in [1.165, 1.54) is 13.1 Å². The minimum Gasteiger partial charge on any atom is -0.399 e. The number of hydrogen-bond donors (Lipinski definition) is 2. The first-order chi connectivity index (χ1) is 7.80. The molecule has 1 aromatic carbocycles. The lowest BCUT2D eigenvalue weighted by atomic mass is 10.1. The molecule has 0 aliphatic carbocycles. The van der Waals surface area contributed by atoms with E-state index in [1.54, 1.807) is 13.0 Å². The number of nitrogen functional groups attached to an aromatic ring is 1. The van der Waals surface area contributed by atoms with Crippen molar-refractivity contribution in [2.45, 2.75) is 18.7 Å². The van der Waals surface area contributed by atoms with Crippen LogP contribution in [0.4, 0.5) is 5.69 Å². The van der Waals surface area contributed by atoms with Crippen molar-refractivity contribution in [1.82, 2.24) is 4.31 Å². The monoisotopic (exact) mass is 258 g/mol. The van der Waals surface area contributed by atoms with E-state index in [9.17, 15) is 8.42 Å². The summed E-state index contributed by atoms with van der Waals surface area (Å²) in [6.45, 7) is 3.41. The SMILES string of the molecule is Cc1cc(N)cc(S(=O)(=O)N(C)CCO)c1C. The van der Waals surface area contributed by atoms with Gasteiger partial charge in [-0.3, -0.25) is 0 Å². The van der Waals surface area contributed by atoms with Crippen LogP contribution in [0.1, 0.15) is 11.1 Å². The molecule has 1 aromatic rings. The van der Waals surface area contributed by atoms with Crippen LogP contribution in [0.25, 0.3) is 0 Å². The van der Waals surface area contributed by atoms with E-state index in [2.05, 4.69) is 0 Å². The second-order valence-electron chi connectivity index (χ2n) is 4.01. The zero-order valence-corrected chi connectivity index (χ0v) is 11.1. The lowest BCUT2D eigenvalue weighted by molar-refractivity contribution is 0.266. The molecule has 3 N–H and O–H groups in total. The summed E-state index contributed by atoms with van der Waals surface area (Å²) in [7, 11) is -2.15. The van der Waals surface area contributed by atoms with Crippen molar-refractivity contribution in [3.63, 3.8) is 0 Å². The third kappa shape index (κ3) is 2.77. The summed E-state index contributed by atoms with van der Waals surface area (Å²) in [5.41, 5.74) is 7.61. The van der Waals surface area contributed by atoms with Gasteiger partial charge in [-0.2, -0.15) is 4.31 Å². The number of aliphatic hydroxyl groups is 1. The Morgan fingerprint density at radius 2 is 1.94 bits per heavy atom. The average Bonchev–Trinajstić information content (AvgIpc) is 2.23. The van der Waals surface area contributed by atoms with E-state index in [0.29, 0.717) is 11.3 Å². The number of nitrogens with zero attached hydrogens (tertiary/aromatic N) is 1. The fourth-order valence-electron chi connectivity index (χ4n) is 1.55. The van der Waals surface area contributed by atoms with Gasteiger partial charge < -0.3 is 10.8 Å². The number of nitrogens with two attached hydrogens (primary N) is 1. The van der Waals surface area contributed by atoms with Crippen molar-refractivity contribution in [3.05, 3.63) is 23.3 Å². The van der Waals surface area contributed by atoms with Crippen LogP contribution >= 0.6 is 0 Å². The largest absolute Gasteiger partial charge is 0.399 e. The van der Waals surface area contributed by atoms with Crippen LogP contribution in [0.15, 0.2) is 17.0 Å². The Morgan fingerprint density at radius 3 is 2.47 bits per heavy atom. The third-order valence-electron chi connectivity index (χ3n) is 2.75. The van der Waals surface area contributed by atoms with Crippen LogP contribution in [-0.2, 0) is 10.0 Å². The van der Waals surface area contributed by atoms with E-state index in [0.717, 1.165) is 9.87 Å². The second kappa shape index (κ2) is 5.03. The van der Waals surface area contributed by atoms with Gasteiger partial charge in [-0.1, -0.05) is 0 Å². The molecular weight excluding hydrogens is 240 g/mol. The van der Waals surface area contributed by atoms with Gasteiger partial charge in [0.15, 0.2) is 0 Å². The van der Waals surface area contributed by atoms with E-state index < -0.39 is 10.0 Å². The lowest BCUT2D eigenvalue weighted by Crippen LogP contribution is -2.30. The predicted octanol–water partition coefficient (Wildman–Crippen LogP) is 0.498. The minimum absolute atomic E-state index is 0.0651. The number of aryl methyl sites for hydroxylation is 1. The molecule has 17 heavy (non-hydrogen) atoms. The Balaban J connectivity index is 3.33. The van der Waals surface area contributed by atoms with Gasteiger partial charge in [0.05, 0.1) is 11.5 Å². The van der Waals surface area contributed by atoms with Gasteiger partial charge >= 0.3 is 0 Å². The summed E-state index contributed by atoms with van der Waals surface area (Å²) in [6.07, 6.45) is 0. The first-order valence-electron chi connectivity index (χ1n) is 5.24. The Morgan fingerprint density at radius 1 is 1.35 bits per heavy atom. The van der Waals surface area contributed by atoms with Crippen molar-refractivity contribution < 1.29 is 13.5 Å². The molecule has 0 aliphatic heterocycles. The van der Waals surface area contributed by atoms with Crippen LogP contribution in [0.5, 0.6) is 0 Å². The number of likely N-dealkylation sites (N-methyl/N-ethyl adjacent to an activating group) is 1. The molecule has 0 aromatic heterocycles. The summed E-state index contributed by atoms with van der Waals surface area (Å²) in [4.78, 5) is 0.200. The highest BCUT2D eigenvalue weighted by Gasteiger charge is 2.23. The predicted molar refractivity (Wildman–Crippen MR) is 67.2 cm³/mol. The summed E-state index contributed by atoms with van der Waals surface area (Å²) < 4.78 is 25.5. The molecule has 6 heteroatoms. The number of rotatable bonds is 4. The second-order valence-corrected chi connectivity index (χ2v) is 6.02. The summed E-state index contributed by atoms with van der Waals surface area (Å²) in [5, 5.41) is 8.79. The van der Waals surface area contributed by atoms with Crippen molar-refractivity contribution in [3.8, 4) is 0 Å². The zero-order chi connectivity index (χ0) is 13.2. The van der Waals surface area contributed by atoms with Gasteiger partial charge in [0.25, 0.3) is 0 Å². The molecule has 0 bridgehead atoms. The molecule has 0 aliphatic rings. The number of anilines is 1. The first kappa shape index (κ1) is 14.0. The Labute approximate surface area is 102 Å². The van der Waals surface area contributed by atoms with Crippen molar-refractivity contribution in [1.29, 1.82) is 0 Å². The van der Waals surface area contributed by atoms with E-state index >= 15 is 0 Å². The Kier molecular flexibility index (Phi) is 4.13. The number of hydrogen-bond acceptors (Lipinski definition) is 4.